The van der Waals surface area contributed by atoms with Crippen molar-refractivity contribution in [2.24, 2.45) is 35.5 Å². The van der Waals surface area contributed by atoms with Crippen LogP contribution in [0, 0.1) is 35.5 Å². The maximum atomic E-state index is 15.0. The summed E-state index contributed by atoms with van der Waals surface area (Å²) >= 11 is 15.1. The summed E-state index contributed by atoms with van der Waals surface area (Å²) in [6.07, 6.45) is 44.8. The van der Waals surface area contributed by atoms with Gasteiger partial charge in [0.25, 0.3) is 0 Å². The fraction of sp³-hybridized carbons (Fsp3) is 0.894. The SMILES string of the molecule is CCC(CCC1CCCCCCCCCCC1)C(Cl)=C(C(=O)C(=C(Cl)C(CC)CCC1CCCCCCCCCCC1)C1CCC1)C1CCC1. The minimum Gasteiger partial charge on any atom is -0.289 e. The number of hydrogen-bond acceptors (Lipinski definition) is 1. The molecule has 0 spiro atoms. The topological polar surface area (TPSA) is 17.1 Å². The normalized spacial score (nSPS) is 24.9. The molecule has 0 saturated heterocycles. The van der Waals surface area contributed by atoms with Gasteiger partial charge >= 0.3 is 0 Å². The maximum Gasteiger partial charge on any atom is 0.187 e. The number of rotatable bonds is 14. The molecule has 0 N–H and O–H groups in total. The molecule has 0 aromatic rings. The average Bonchev–Trinajstić information content (AvgIpc) is 3.06. The summed E-state index contributed by atoms with van der Waals surface area (Å²) in [6.45, 7) is 4.62. The van der Waals surface area contributed by atoms with Gasteiger partial charge in [0.15, 0.2) is 5.78 Å². The first-order valence-corrected chi connectivity index (χ1v) is 23.6. The lowest BCUT2D eigenvalue weighted by Crippen LogP contribution is -2.29. The molecule has 3 heteroatoms. The average molecular weight is 732 g/mol. The van der Waals surface area contributed by atoms with Crippen molar-refractivity contribution >= 4 is 29.0 Å². The van der Waals surface area contributed by atoms with Crippen LogP contribution in [0.5, 0.6) is 0 Å². The molecule has 0 aromatic heterocycles. The zero-order chi connectivity index (χ0) is 35.4. The van der Waals surface area contributed by atoms with Crippen LogP contribution in [0.2, 0.25) is 0 Å². The van der Waals surface area contributed by atoms with Crippen molar-refractivity contribution in [2.45, 2.75) is 232 Å². The molecule has 0 radical (unpaired) electrons. The van der Waals surface area contributed by atoms with Crippen molar-refractivity contribution in [2.75, 3.05) is 0 Å². The Morgan fingerprint density at radius 1 is 0.440 bits per heavy atom. The van der Waals surface area contributed by atoms with Crippen LogP contribution in [0.4, 0.5) is 0 Å². The molecule has 2 atom stereocenters. The highest BCUT2D eigenvalue weighted by Crippen LogP contribution is 2.47. The van der Waals surface area contributed by atoms with E-state index in [-0.39, 0.29) is 5.78 Å². The van der Waals surface area contributed by atoms with Crippen molar-refractivity contribution in [3.63, 3.8) is 0 Å². The van der Waals surface area contributed by atoms with E-state index < -0.39 is 0 Å². The highest BCUT2D eigenvalue weighted by molar-refractivity contribution is 6.36. The third-order valence-electron chi connectivity index (χ3n) is 14.0. The number of allylic oxidation sites excluding steroid dienone is 4. The monoisotopic (exact) mass is 731 g/mol. The second kappa shape index (κ2) is 24.9. The Morgan fingerprint density at radius 2 is 0.720 bits per heavy atom. The van der Waals surface area contributed by atoms with Gasteiger partial charge in [-0.1, -0.05) is 191 Å². The predicted molar refractivity (Wildman–Crippen MR) is 220 cm³/mol. The molecular weight excluding hydrogens is 651 g/mol. The van der Waals surface area contributed by atoms with Crippen LogP contribution in [0.3, 0.4) is 0 Å². The van der Waals surface area contributed by atoms with Gasteiger partial charge < -0.3 is 0 Å². The van der Waals surface area contributed by atoms with Gasteiger partial charge in [0.2, 0.25) is 0 Å². The van der Waals surface area contributed by atoms with E-state index in [2.05, 4.69) is 13.8 Å². The van der Waals surface area contributed by atoms with Crippen molar-refractivity contribution in [3.8, 4) is 0 Å². The van der Waals surface area contributed by atoms with Gasteiger partial charge in [-0.05, 0) is 99.7 Å². The van der Waals surface area contributed by atoms with E-state index in [9.17, 15) is 4.79 Å². The molecule has 2 unspecified atom stereocenters. The number of Topliss-reactive ketones (excluding diaryl/α,β-unsaturated/α-hetero) is 1. The van der Waals surface area contributed by atoms with Gasteiger partial charge in [-0.2, -0.15) is 0 Å². The summed E-state index contributed by atoms with van der Waals surface area (Å²) in [5.41, 5.74) is 2.00. The number of ketones is 1. The van der Waals surface area contributed by atoms with Gasteiger partial charge in [0, 0.05) is 21.2 Å². The van der Waals surface area contributed by atoms with Gasteiger partial charge in [0.05, 0.1) is 0 Å². The number of carbonyl (C=O) groups is 1. The van der Waals surface area contributed by atoms with Crippen LogP contribution >= 0.6 is 23.2 Å². The van der Waals surface area contributed by atoms with Gasteiger partial charge in [-0.25, -0.2) is 0 Å². The van der Waals surface area contributed by atoms with Crippen molar-refractivity contribution in [3.05, 3.63) is 21.2 Å². The Balaban J connectivity index is 1.48. The second-order valence-corrected chi connectivity index (χ2v) is 18.5. The van der Waals surface area contributed by atoms with E-state index >= 15 is 0 Å². The lowest BCUT2D eigenvalue weighted by molar-refractivity contribution is -0.114. The maximum absolute atomic E-state index is 15.0. The molecule has 0 aliphatic heterocycles. The molecule has 4 aliphatic carbocycles. The van der Waals surface area contributed by atoms with Gasteiger partial charge in [-0.3, -0.25) is 4.79 Å². The Morgan fingerprint density at radius 3 is 0.960 bits per heavy atom. The van der Waals surface area contributed by atoms with Gasteiger partial charge in [-0.15, -0.1) is 0 Å². The molecule has 1 nitrogen and oxygen atoms in total. The third-order valence-corrected chi connectivity index (χ3v) is 15.1. The number of halogens is 2. The number of carbonyl (C=O) groups excluding carboxylic acids is 1. The van der Waals surface area contributed by atoms with Crippen molar-refractivity contribution in [1.29, 1.82) is 0 Å². The Hall–Kier alpha value is -0.270. The largest absolute Gasteiger partial charge is 0.289 e. The van der Waals surface area contributed by atoms with Crippen LogP contribution in [-0.4, -0.2) is 5.78 Å². The molecule has 4 fully saturated rings. The molecule has 4 saturated carbocycles. The minimum absolute atomic E-state index is 0.267. The summed E-state index contributed by atoms with van der Waals surface area (Å²) in [7, 11) is 0. The predicted octanol–water partition coefficient (Wildman–Crippen LogP) is 16.6. The molecule has 0 aromatic carbocycles. The van der Waals surface area contributed by atoms with Crippen LogP contribution in [0.1, 0.15) is 232 Å². The summed E-state index contributed by atoms with van der Waals surface area (Å²) in [5.74, 6) is 3.19. The standard InChI is InChI=1S/C47H80Cl2O/c1-3-39(35-33-37-25-19-15-11-7-5-8-12-16-20-26-37)45(48)43(41-29-23-30-41)47(50)44(42-31-24-32-42)46(49)40(4-2)36-34-38-27-21-17-13-9-6-10-14-18-22-28-38/h37-42H,3-36H2,1-2H3. The Labute approximate surface area is 321 Å². The molecule has 4 rings (SSSR count). The molecule has 0 amide bonds. The summed E-state index contributed by atoms with van der Waals surface area (Å²) in [6, 6.07) is 0. The van der Waals surface area contributed by atoms with Crippen LogP contribution in [-0.2, 0) is 4.79 Å². The van der Waals surface area contributed by atoms with E-state index in [0.29, 0.717) is 23.7 Å². The van der Waals surface area contributed by atoms with E-state index in [1.807, 2.05) is 0 Å². The molecule has 0 heterocycles. The Kier molecular flexibility index (Phi) is 21.2. The van der Waals surface area contributed by atoms with E-state index in [1.165, 1.54) is 167 Å². The van der Waals surface area contributed by atoms with Crippen LogP contribution in [0.25, 0.3) is 0 Å². The third kappa shape index (κ3) is 14.2. The first kappa shape index (κ1) is 42.5. The molecule has 288 valence electrons. The first-order valence-electron chi connectivity index (χ1n) is 22.9. The second-order valence-electron chi connectivity index (χ2n) is 17.7. The molecular formula is C47H80Cl2O. The zero-order valence-electron chi connectivity index (χ0n) is 33.2. The highest BCUT2D eigenvalue weighted by atomic mass is 35.5. The lowest BCUT2D eigenvalue weighted by Gasteiger charge is -2.35. The van der Waals surface area contributed by atoms with Crippen molar-refractivity contribution < 1.29 is 4.79 Å². The fourth-order valence-electron chi connectivity index (χ4n) is 9.92. The Bertz CT molecular complexity index is 901. The van der Waals surface area contributed by atoms with E-state index in [1.54, 1.807) is 0 Å². The highest BCUT2D eigenvalue weighted by Gasteiger charge is 2.38. The van der Waals surface area contributed by atoms with Crippen LogP contribution in [0.15, 0.2) is 21.2 Å². The quantitative estimate of drug-likeness (QED) is 0.163. The van der Waals surface area contributed by atoms with E-state index in [0.717, 1.165) is 84.4 Å². The fourth-order valence-corrected chi connectivity index (χ4v) is 10.9. The zero-order valence-corrected chi connectivity index (χ0v) is 34.7. The smallest absolute Gasteiger partial charge is 0.187 e. The summed E-state index contributed by atoms with van der Waals surface area (Å²) < 4.78 is 0. The van der Waals surface area contributed by atoms with E-state index in [4.69, 9.17) is 23.2 Å². The summed E-state index contributed by atoms with van der Waals surface area (Å²) in [4.78, 5) is 15.0. The summed E-state index contributed by atoms with van der Waals surface area (Å²) in [5, 5.41) is 1.86. The minimum atomic E-state index is 0.267. The van der Waals surface area contributed by atoms with Crippen LogP contribution < -0.4 is 0 Å². The molecule has 4 aliphatic rings. The first-order chi connectivity index (χ1) is 24.5. The molecule has 0 bridgehead atoms. The van der Waals surface area contributed by atoms with Gasteiger partial charge in [0.1, 0.15) is 0 Å². The molecule has 50 heavy (non-hydrogen) atoms. The lowest BCUT2D eigenvalue weighted by atomic mass is 9.70. The number of hydrogen-bond donors (Lipinski definition) is 0. The van der Waals surface area contributed by atoms with Crippen molar-refractivity contribution in [1.82, 2.24) is 0 Å².